The molecule has 1 aromatic heterocycles. The van der Waals surface area contributed by atoms with Crippen LogP contribution in [0.1, 0.15) is 22.4 Å². The highest BCUT2D eigenvalue weighted by Gasteiger charge is 2.18. The fraction of sp³-hybridized carbons (Fsp3) is 0.261. The van der Waals surface area contributed by atoms with Crippen molar-refractivity contribution >= 4 is 23.2 Å². The van der Waals surface area contributed by atoms with Gasteiger partial charge in [0.05, 0.1) is 0 Å². The highest BCUT2D eigenvalue weighted by atomic mass is 35.5. The van der Waals surface area contributed by atoms with Crippen LogP contribution in [0.25, 0.3) is 11.4 Å². The summed E-state index contributed by atoms with van der Waals surface area (Å²) < 4.78 is 1.33. The zero-order chi connectivity index (χ0) is 21.8. The molecule has 0 unspecified atom stereocenters. The third-order valence-electron chi connectivity index (χ3n) is 4.72. The Kier molecular flexibility index (Phi) is 6.70. The van der Waals surface area contributed by atoms with E-state index in [2.05, 4.69) is 10.3 Å². The van der Waals surface area contributed by atoms with E-state index in [-0.39, 0.29) is 31.0 Å². The summed E-state index contributed by atoms with van der Waals surface area (Å²) in [5, 5.41) is 12.7. The number of aliphatic hydroxyl groups is 1. The molecular formula is C23H24ClN3O3. The molecule has 0 saturated heterocycles. The maximum atomic E-state index is 13.2. The summed E-state index contributed by atoms with van der Waals surface area (Å²) >= 11 is 6.12. The number of nitrogens with one attached hydrogen (secondary N) is 1. The van der Waals surface area contributed by atoms with Crippen LogP contribution in [0.2, 0.25) is 5.02 Å². The Morgan fingerprint density at radius 1 is 1.13 bits per heavy atom. The summed E-state index contributed by atoms with van der Waals surface area (Å²) in [7, 11) is 0. The highest BCUT2D eigenvalue weighted by Crippen LogP contribution is 2.22. The normalized spacial score (nSPS) is 10.8. The molecule has 0 atom stereocenters. The number of aryl methyl sites for hydroxylation is 3. The second kappa shape index (κ2) is 9.24. The van der Waals surface area contributed by atoms with E-state index in [0.717, 1.165) is 11.1 Å². The van der Waals surface area contributed by atoms with E-state index in [4.69, 9.17) is 11.6 Å². The van der Waals surface area contributed by atoms with Crippen LogP contribution < -0.4 is 10.9 Å². The molecule has 0 aliphatic rings. The molecule has 2 aromatic carbocycles. The molecule has 2 N–H and O–H groups in total. The Balaban J connectivity index is 2.03. The summed E-state index contributed by atoms with van der Waals surface area (Å²) in [5.41, 5.74) is 3.94. The molecule has 0 bridgehead atoms. The first-order valence-electron chi connectivity index (χ1n) is 9.63. The minimum Gasteiger partial charge on any atom is -0.396 e. The van der Waals surface area contributed by atoms with Crippen molar-refractivity contribution in [1.82, 2.24) is 9.55 Å². The van der Waals surface area contributed by atoms with Gasteiger partial charge in [0.25, 0.3) is 5.56 Å². The lowest BCUT2D eigenvalue weighted by molar-refractivity contribution is -0.116. The molecule has 0 fully saturated rings. The molecule has 3 aromatic rings. The van der Waals surface area contributed by atoms with Gasteiger partial charge in [0.2, 0.25) is 5.91 Å². The van der Waals surface area contributed by atoms with Gasteiger partial charge >= 0.3 is 0 Å². The zero-order valence-electron chi connectivity index (χ0n) is 17.2. The van der Waals surface area contributed by atoms with Crippen molar-refractivity contribution in [3.8, 4) is 11.4 Å². The largest absolute Gasteiger partial charge is 0.396 e. The first-order valence-corrected chi connectivity index (χ1v) is 10.0. The third-order valence-corrected chi connectivity index (χ3v) is 4.96. The number of aromatic nitrogens is 2. The number of hydrogen-bond donors (Lipinski definition) is 2. The Morgan fingerprint density at radius 2 is 1.83 bits per heavy atom. The Bertz CT molecular complexity index is 1130. The van der Waals surface area contributed by atoms with Crippen molar-refractivity contribution in [2.24, 2.45) is 0 Å². The molecule has 0 radical (unpaired) electrons. The van der Waals surface area contributed by atoms with Crippen molar-refractivity contribution in [2.45, 2.75) is 33.7 Å². The lowest BCUT2D eigenvalue weighted by atomic mass is 10.1. The summed E-state index contributed by atoms with van der Waals surface area (Å²) in [6.07, 6.45) is 0.173. The van der Waals surface area contributed by atoms with Gasteiger partial charge in [0, 0.05) is 40.6 Å². The minimum atomic E-state index is -0.345. The standard InChI is InChI=1S/C23H24ClN3O3/c1-14-9-15(2)11-19(10-14)26-21(29)13-27-22(17-5-4-6-18(24)12-17)25-16(3)20(7-8-28)23(27)30/h4-6,9-12,28H,7-8,13H2,1-3H3,(H,26,29). The third kappa shape index (κ3) is 4.96. The molecule has 6 nitrogen and oxygen atoms in total. The van der Waals surface area contributed by atoms with E-state index in [1.807, 2.05) is 32.0 Å². The Morgan fingerprint density at radius 3 is 2.47 bits per heavy atom. The molecule has 156 valence electrons. The van der Waals surface area contributed by atoms with Crippen LogP contribution in [0.5, 0.6) is 0 Å². The van der Waals surface area contributed by atoms with Crippen LogP contribution in [0.3, 0.4) is 0 Å². The number of benzene rings is 2. The fourth-order valence-corrected chi connectivity index (χ4v) is 3.68. The van der Waals surface area contributed by atoms with Gasteiger partial charge in [0.1, 0.15) is 12.4 Å². The monoisotopic (exact) mass is 425 g/mol. The van der Waals surface area contributed by atoms with Crippen molar-refractivity contribution in [3.05, 3.63) is 80.2 Å². The molecule has 7 heteroatoms. The average Bonchev–Trinajstić information content (AvgIpc) is 2.66. The van der Waals surface area contributed by atoms with Gasteiger partial charge in [-0.1, -0.05) is 29.8 Å². The number of aliphatic hydroxyl groups excluding tert-OH is 1. The lowest BCUT2D eigenvalue weighted by Crippen LogP contribution is -2.33. The highest BCUT2D eigenvalue weighted by molar-refractivity contribution is 6.30. The van der Waals surface area contributed by atoms with E-state index in [1.165, 1.54) is 4.57 Å². The van der Waals surface area contributed by atoms with E-state index >= 15 is 0 Å². The number of rotatable bonds is 6. The number of carbonyl (C=O) groups is 1. The maximum absolute atomic E-state index is 13.2. The number of anilines is 1. The van der Waals surface area contributed by atoms with Crippen molar-refractivity contribution < 1.29 is 9.90 Å². The van der Waals surface area contributed by atoms with Gasteiger partial charge < -0.3 is 10.4 Å². The summed E-state index contributed by atoms with van der Waals surface area (Å²) in [5.74, 6) is 0.0169. The van der Waals surface area contributed by atoms with E-state index < -0.39 is 0 Å². The summed E-state index contributed by atoms with van der Waals surface area (Å²) in [4.78, 5) is 30.5. The number of halogens is 1. The molecule has 0 saturated carbocycles. The fourth-order valence-electron chi connectivity index (χ4n) is 3.49. The second-order valence-corrected chi connectivity index (χ2v) is 7.74. The maximum Gasteiger partial charge on any atom is 0.257 e. The topological polar surface area (TPSA) is 84.2 Å². The van der Waals surface area contributed by atoms with Crippen molar-refractivity contribution in [2.75, 3.05) is 11.9 Å². The van der Waals surface area contributed by atoms with Crippen LogP contribution in [0.4, 0.5) is 5.69 Å². The van der Waals surface area contributed by atoms with Crippen molar-refractivity contribution in [3.63, 3.8) is 0 Å². The number of amides is 1. The molecule has 0 aliphatic carbocycles. The van der Waals surface area contributed by atoms with Crippen LogP contribution in [-0.2, 0) is 17.8 Å². The Labute approximate surface area is 180 Å². The van der Waals surface area contributed by atoms with E-state index in [0.29, 0.717) is 33.4 Å². The van der Waals surface area contributed by atoms with Gasteiger partial charge in [-0.3, -0.25) is 14.2 Å². The molecule has 1 heterocycles. The smallest absolute Gasteiger partial charge is 0.257 e. The average molecular weight is 426 g/mol. The van der Waals surface area contributed by atoms with E-state index in [1.54, 1.807) is 31.2 Å². The van der Waals surface area contributed by atoms with Crippen LogP contribution in [0.15, 0.2) is 47.3 Å². The van der Waals surface area contributed by atoms with Crippen LogP contribution >= 0.6 is 11.6 Å². The first-order chi connectivity index (χ1) is 14.3. The minimum absolute atomic E-state index is 0.173. The number of nitrogens with zero attached hydrogens (tertiary/aromatic N) is 2. The van der Waals surface area contributed by atoms with E-state index in [9.17, 15) is 14.7 Å². The quantitative estimate of drug-likeness (QED) is 0.631. The van der Waals surface area contributed by atoms with Crippen LogP contribution in [0, 0.1) is 20.8 Å². The zero-order valence-corrected chi connectivity index (χ0v) is 18.0. The van der Waals surface area contributed by atoms with Gasteiger partial charge in [-0.25, -0.2) is 4.98 Å². The van der Waals surface area contributed by atoms with Gasteiger partial charge in [-0.15, -0.1) is 0 Å². The predicted octanol–water partition coefficient (Wildman–Crippen LogP) is 3.66. The molecule has 30 heavy (non-hydrogen) atoms. The van der Waals surface area contributed by atoms with Gasteiger partial charge in [-0.2, -0.15) is 0 Å². The van der Waals surface area contributed by atoms with Gasteiger partial charge in [-0.05, 0) is 56.2 Å². The molecule has 0 aliphatic heterocycles. The Hall–Kier alpha value is -2.96. The predicted molar refractivity (Wildman–Crippen MR) is 119 cm³/mol. The number of hydrogen-bond acceptors (Lipinski definition) is 4. The second-order valence-electron chi connectivity index (χ2n) is 7.30. The van der Waals surface area contributed by atoms with Gasteiger partial charge in [0.15, 0.2) is 0 Å². The molecule has 3 rings (SSSR count). The lowest BCUT2D eigenvalue weighted by Gasteiger charge is -2.16. The van der Waals surface area contributed by atoms with Crippen molar-refractivity contribution in [1.29, 1.82) is 0 Å². The molecule has 1 amide bonds. The first kappa shape index (κ1) is 21.7. The summed E-state index contributed by atoms with van der Waals surface area (Å²) in [6.45, 7) is 5.24. The molecular weight excluding hydrogens is 402 g/mol. The molecule has 0 spiro atoms. The summed E-state index contributed by atoms with van der Waals surface area (Å²) in [6, 6.07) is 12.7. The van der Waals surface area contributed by atoms with Crippen LogP contribution in [-0.4, -0.2) is 27.2 Å². The SMILES string of the molecule is Cc1cc(C)cc(NC(=O)Cn2c(-c3cccc(Cl)c3)nc(C)c(CCO)c2=O)c1. The number of carbonyl (C=O) groups excluding carboxylic acids is 1.